The van der Waals surface area contributed by atoms with Gasteiger partial charge in [-0.3, -0.25) is 4.98 Å². The molecule has 2 aromatic heterocycles. The fourth-order valence-electron chi connectivity index (χ4n) is 2.37. The summed E-state index contributed by atoms with van der Waals surface area (Å²) in [4.78, 5) is 19.3. The van der Waals surface area contributed by atoms with Crippen molar-refractivity contribution in [3.05, 3.63) is 77.2 Å². The SMILES string of the molecule is Cc1nccc(-c2ccc(C(=O)O)cc2)c1C#Cc1ccc(N)nc1. The Morgan fingerprint density at radius 2 is 1.80 bits per heavy atom. The molecular weight excluding hydrogens is 314 g/mol. The second-order valence-corrected chi connectivity index (χ2v) is 5.42. The van der Waals surface area contributed by atoms with Gasteiger partial charge >= 0.3 is 5.97 Å². The van der Waals surface area contributed by atoms with Crippen LogP contribution in [0.1, 0.15) is 27.2 Å². The second-order valence-electron chi connectivity index (χ2n) is 5.42. The van der Waals surface area contributed by atoms with Crippen molar-refractivity contribution in [2.45, 2.75) is 6.92 Å². The number of nitrogen functional groups attached to an aromatic ring is 1. The van der Waals surface area contributed by atoms with Crippen molar-refractivity contribution in [1.29, 1.82) is 0 Å². The van der Waals surface area contributed by atoms with Gasteiger partial charge in [0.15, 0.2) is 0 Å². The zero-order valence-electron chi connectivity index (χ0n) is 13.5. The van der Waals surface area contributed by atoms with Crippen LogP contribution < -0.4 is 5.73 Å². The van der Waals surface area contributed by atoms with Crippen molar-refractivity contribution in [2.75, 3.05) is 5.73 Å². The van der Waals surface area contributed by atoms with Gasteiger partial charge in [0, 0.05) is 23.5 Å². The van der Waals surface area contributed by atoms with Crippen LogP contribution in [-0.4, -0.2) is 21.0 Å². The highest BCUT2D eigenvalue weighted by Gasteiger charge is 2.08. The van der Waals surface area contributed by atoms with Gasteiger partial charge in [0.1, 0.15) is 5.82 Å². The minimum absolute atomic E-state index is 0.245. The fraction of sp³-hybridized carbons (Fsp3) is 0.0500. The van der Waals surface area contributed by atoms with Crippen molar-refractivity contribution in [3.8, 4) is 23.0 Å². The lowest BCUT2D eigenvalue weighted by Gasteiger charge is -2.07. The molecule has 0 aliphatic rings. The molecule has 0 radical (unpaired) electrons. The molecule has 1 aromatic carbocycles. The number of aromatic carboxylic acids is 1. The molecule has 5 nitrogen and oxygen atoms in total. The second kappa shape index (κ2) is 6.85. The number of anilines is 1. The highest BCUT2D eigenvalue weighted by molar-refractivity contribution is 5.88. The summed E-state index contributed by atoms with van der Waals surface area (Å²) in [5.41, 5.74) is 9.96. The van der Waals surface area contributed by atoms with Crippen molar-refractivity contribution >= 4 is 11.8 Å². The zero-order chi connectivity index (χ0) is 17.8. The molecule has 0 saturated carbocycles. The number of nitrogens with two attached hydrogens (primary N) is 1. The third kappa shape index (κ3) is 3.65. The molecule has 0 unspecified atom stereocenters. The first-order valence-electron chi connectivity index (χ1n) is 7.57. The van der Waals surface area contributed by atoms with Gasteiger partial charge in [0.2, 0.25) is 0 Å². The van der Waals surface area contributed by atoms with E-state index in [0.717, 1.165) is 27.9 Å². The topological polar surface area (TPSA) is 89.1 Å². The Hall–Kier alpha value is -3.65. The summed E-state index contributed by atoms with van der Waals surface area (Å²) in [6, 6.07) is 12.1. The van der Waals surface area contributed by atoms with Crippen LogP contribution in [0.5, 0.6) is 0 Å². The molecule has 2 heterocycles. The number of benzene rings is 1. The minimum Gasteiger partial charge on any atom is -0.478 e. The number of carboxylic acids is 1. The smallest absolute Gasteiger partial charge is 0.335 e. The van der Waals surface area contributed by atoms with Crippen molar-refractivity contribution in [3.63, 3.8) is 0 Å². The molecule has 0 aliphatic carbocycles. The number of carbonyl (C=O) groups is 1. The van der Waals surface area contributed by atoms with Crippen LogP contribution >= 0.6 is 0 Å². The molecular formula is C20H15N3O2. The van der Waals surface area contributed by atoms with Gasteiger partial charge in [-0.25, -0.2) is 9.78 Å². The van der Waals surface area contributed by atoms with E-state index in [1.54, 1.807) is 42.7 Å². The monoisotopic (exact) mass is 329 g/mol. The van der Waals surface area contributed by atoms with Gasteiger partial charge in [-0.15, -0.1) is 0 Å². The molecule has 25 heavy (non-hydrogen) atoms. The molecule has 5 heteroatoms. The van der Waals surface area contributed by atoms with E-state index < -0.39 is 5.97 Å². The van der Waals surface area contributed by atoms with E-state index in [1.165, 1.54) is 0 Å². The van der Waals surface area contributed by atoms with Gasteiger partial charge in [0.25, 0.3) is 0 Å². The minimum atomic E-state index is -0.951. The average Bonchev–Trinajstić information content (AvgIpc) is 2.62. The van der Waals surface area contributed by atoms with E-state index in [2.05, 4.69) is 21.8 Å². The number of pyridine rings is 2. The molecule has 122 valence electrons. The van der Waals surface area contributed by atoms with Crippen LogP contribution in [-0.2, 0) is 0 Å². The van der Waals surface area contributed by atoms with Crippen LogP contribution in [0.15, 0.2) is 54.9 Å². The molecule has 0 saturated heterocycles. The quantitative estimate of drug-likeness (QED) is 0.705. The lowest BCUT2D eigenvalue weighted by Crippen LogP contribution is -1.96. The Labute approximate surface area is 145 Å². The highest BCUT2D eigenvalue weighted by Crippen LogP contribution is 2.25. The van der Waals surface area contributed by atoms with Gasteiger partial charge in [-0.1, -0.05) is 24.0 Å². The third-order valence-corrected chi connectivity index (χ3v) is 3.70. The number of rotatable bonds is 2. The first-order chi connectivity index (χ1) is 12.0. The van der Waals surface area contributed by atoms with Crippen molar-refractivity contribution in [2.24, 2.45) is 0 Å². The van der Waals surface area contributed by atoms with E-state index in [-0.39, 0.29) is 5.56 Å². The number of aromatic nitrogens is 2. The molecule has 0 atom stereocenters. The first-order valence-corrected chi connectivity index (χ1v) is 7.57. The predicted octanol–water partition coefficient (Wildman–Crippen LogP) is 3.13. The number of carboxylic acid groups (broad SMARTS) is 1. The van der Waals surface area contributed by atoms with Crippen LogP contribution in [0.25, 0.3) is 11.1 Å². The molecule has 0 fully saturated rings. The summed E-state index contributed by atoms with van der Waals surface area (Å²) < 4.78 is 0. The molecule has 3 N–H and O–H groups in total. The molecule has 3 rings (SSSR count). The standard InChI is InChI=1S/C20H15N3O2/c1-13-17(8-2-14-3-9-19(21)23-12-14)18(10-11-22-13)15-4-6-16(7-5-15)20(24)25/h3-7,9-12H,1H3,(H2,21,23)(H,24,25). The van der Waals surface area contributed by atoms with Crippen LogP contribution in [0.4, 0.5) is 5.82 Å². The molecule has 0 amide bonds. The Bertz CT molecular complexity index is 982. The predicted molar refractivity (Wildman–Crippen MR) is 96.0 cm³/mol. The summed E-state index contributed by atoms with van der Waals surface area (Å²) >= 11 is 0. The number of hydrogen-bond donors (Lipinski definition) is 2. The molecule has 0 bridgehead atoms. The summed E-state index contributed by atoms with van der Waals surface area (Å²) in [5.74, 6) is 5.71. The normalized spacial score (nSPS) is 9.96. The number of aryl methyl sites for hydroxylation is 1. The van der Waals surface area contributed by atoms with Gasteiger partial charge in [-0.05, 0) is 42.8 Å². The van der Waals surface area contributed by atoms with E-state index >= 15 is 0 Å². The van der Waals surface area contributed by atoms with Crippen LogP contribution in [0.2, 0.25) is 0 Å². The largest absolute Gasteiger partial charge is 0.478 e. The van der Waals surface area contributed by atoms with E-state index in [9.17, 15) is 4.79 Å². The first kappa shape index (κ1) is 16.2. The Morgan fingerprint density at radius 1 is 1.04 bits per heavy atom. The zero-order valence-corrected chi connectivity index (χ0v) is 13.5. The lowest BCUT2D eigenvalue weighted by molar-refractivity contribution is 0.0697. The maximum atomic E-state index is 11.0. The summed E-state index contributed by atoms with van der Waals surface area (Å²) in [6.45, 7) is 1.89. The maximum absolute atomic E-state index is 11.0. The maximum Gasteiger partial charge on any atom is 0.335 e. The van der Waals surface area contributed by atoms with E-state index in [1.807, 2.05) is 19.1 Å². The fourth-order valence-corrected chi connectivity index (χ4v) is 2.37. The van der Waals surface area contributed by atoms with Crippen molar-refractivity contribution < 1.29 is 9.90 Å². The summed E-state index contributed by atoms with van der Waals surface area (Å²) in [7, 11) is 0. The lowest BCUT2D eigenvalue weighted by atomic mass is 9.98. The molecule has 0 spiro atoms. The van der Waals surface area contributed by atoms with E-state index in [0.29, 0.717) is 5.82 Å². The Kier molecular flexibility index (Phi) is 4.44. The highest BCUT2D eigenvalue weighted by atomic mass is 16.4. The van der Waals surface area contributed by atoms with Gasteiger partial charge in [0.05, 0.1) is 16.8 Å². The summed E-state index contributed by atoms with van der Waals surface area (Å²) in [5, 5.41) is 9.03. The molecule has 0 aliphatic heterocycles. The number of hydrogen-bond acceptors (Lipinski definition) is 4. The number of nitrogens with zero attached hydrogens (tertiary/aromatic N) is 2. The van der Waals surface area contributed by atoms with Gasteiger partial charge in [-0.2, -0.15) is 0 Å². The summed E-state index contributed by atoms with van der Waals surface area (Å²) in [6.07, 6.45) is 3.33. The Balaban J connectivity index is 2.03. The van der Waals surface area contributed by atoms with E-state index in [4.69, 9.17) is 10.8 Å². The molecule has 3 aromatic rings. The van der Waals surface area contributed by atoms with Crippen LogP contribution in [0, 0.1) is 18.8 Å². The van der Waals surface area contributed by atoms with Gasteiger partial charge < -0.3 is 10.8 Å². The van der Waals surface area contributed by atoms with Crippen LogP contribution in [0.3, 0.4) is 0 Å². The Morgan fingerprint density at radius 3 is 2.44 bits per heavy atom. The van der Waals surface area contributed by atoms with Crippen molar-refractivity contribution in [1.82, 2.24) is 9.97 Å². The third-order valence-electron chi connectivity index (χ3n) is 3.70. The average molecular weight is 329 g/mol.